The van der Waals surface area contributed by atoms with Gasteiger partial charge in [0.1, 0.15) is 0 Å². The summed E-state index contributed by atoms with van der Waals surface area (Å²) >= 11 is 1.63. The van der Waals surface area contributed by atoms with Gasteiger partial charge in [-0.25, -0.2) is 4.98 Å². The Hall–Kier alpha value is -1.68. The largest absolute Gasteiger partial charge is 0.298 e. The maximum Gasteiger partial charge on any atom is 0.257 e. The molecule has 104 valence electrons. The number of amides is 1. The molecule has 1 aliphatic rings. The van der Waals surface area contributed by atoms with Crippen LogP contribution in [0.15, 0.2) is 18.2 Å². The zero-order chi connectivity index (χ0) is 14.1. The fourth-order valence-corrected chi connectivity index (χ4v) is 3.61. The molecule has 0 bridgehead atoms. The van der Waals surface area contributed by atoms with Crippen LogP contribution in [0.4, 0.5) is 5.13 Å². The molecule has 3 nitrogen and oxygen atoms in total. The molecule has 0 saturated carbocycles. The molecule has 2 aromatic rings. The number of aryl methyl sites for hydroxylation is 3. The molecule has 1 heterocycles. The topological polar surface area (TPSA) is 42.0 Å². The lowest BCUT2D eigenvalue weighted by molar-refractivity contribution is 0.102. The van der Waals surface area contributed by atoms with Gasteiger partial charge < -0.3 is 0 Å². The molecule has 1 amide bonds. The van der Waals surface area contributed by atoms with Gasteiger partial charge in [0.15, 0.2) is 5.13 Å². The zero-order valence-corrected chi connectivity index (χ0v) is 12.6. The van der Waals surface area contributed by atoms with E-state index in [0.29, 0.717) is 0 Å². The summed E-state index contributed by atoms with van der Waals surface area (Å²) in [6.07, 6.45) is 4.60. The highest BCUT2D eigenvalue weighted by Crippen LogP contribution is 2.29. The number of fused-ring (bicyclic) bond motifs is 1. The summed E-state index contributed by atoms with van der Waals surface area (Å²) in [5, 5.41) is 3.69. The lowest BCUT2D eigenvalue weighted by Gasteiger charge is -2.07. The second-order valence-corrected chi connectivity index (χ2v) is 6.38. The van der Waals surface area contributed by atoms with E-state index in [0.717, 1.165) is 34.7 Å². The number of anilines is 1. The van der Waals surface area contributed by atoms with Gasteiger partial charge in [0, 0.05) is 10.4 Å². The molecule has 3 rings (SSSR count). The van der Waals surface area contributed by atoms with Gasteiger partial charge in [0.05, 0.1) is 5.69 Å². The molecule has 0 atom stereocenters. The van der Waals surface area contributed by atoms with Gasteiger partial charge in [0.2, 0.25) is 0 Å². The van der Waals surface area contributed by atoms with Crippen molar-refractivity contribution in [2.75, 3.05) is 5.32 Å². The average molecular weight is 286 g/mol. The van der Waals surface area contributed by atoms with Crippen LogP contribution in [0.5, 0.6) is 0 Å². The molecule has 1 aliphatic carbocycles. The van der Waals surface area contributed by atoms with Crippen molar-refractivity contribution in [2.45, 2.75) is 39.5 Å². The molecule has 1 N–H and O–H groups in total. The predicted octanol–water partition coefficient (Wildman–Crippen LogP) is 3.89. The van der Waals surface area contributed by atoms with Crippen molar-refractivity contribution in [2.24, 2.45) is 0 Å². The predicted molar refractivity (Wildman–Crippen MR) is 82.6 cm³/mol. The van der Waals surface area contributed by atoms with Gasteiger partial charge in [-0.15, -0.1) is 11.3 Å². The first kappa shape index (κ1) is 13.3. The van der Waals surface area contributed by atoms with Crippen LogP contribution in [-0.2, 0) is 12.8 Å². The number of benzene rings is 1. The van der Waals surface area contributed by atoms with E-state index >= 15 is 0 Å². The van der Waals surface area contributed by atoms with E-state index in [1.165, 1.54) is 23.4 Å². The summed E-state index contributed by atoms with van der Waals surface area (Å²) < 4.78 is 0. The van der Waals surface area contributed by atoms with Gasteiger partial charge >= 0.3 is 0 Å². The Balaban J connectivity index is 1.82. The maximum atomic E-state index is 12.4. The van der Waals surface area contributed by atoms with Crippen molar-refractivity contribution in [1.29, 1.82) is 0 Å². The van der Waals surface area contributed by atoms with E-state index in [9.17, 15) is 4.79 Å². The first-order valence-electron chi connectivity index (χ1n) is 7.01. The summed E-state index contributed by atoms with van der Waals surface area (Å²) in [7, 11) is 0. The molecular weight excluding hydrogens is 268 g/mol. The molecule has 0 aliphatic heterocycles. The minimum absolute atomic E-state index is 0.0581. The van der Waals surface area contributed by atoms with Crippen LogP contribution in [0.2, 0.25) is 0 Å². The van der Waals surface area contributed by atoms with E-state index in [2.05, 4.69) is 10.3 Å². The Labute approximate surface area is 123 Å². The highest BCUT2D eigenvalue weighted by atomic mass is 32.1. The summed E-state index contributed by atoms with van der Waals surface area (Å²) in [5.41, 5.74) is 4.08. The van der Waals surface area contributed by atoms with Gasteiger partial charge in [-0.3, -0.25) is 10.1 Å². The first-order chi connectivity index (χ1) is 9.65. The highest BCUT2D eigenvalue weighted by Gasteiger charge is 2.17. The van der Waals surface area contributed by atoms with Crippen molar-refractivity contribution in [1.82, 2.24) is 4.98 Å². The van der Waals surface area contributed by atoms with Gasteiger partial charge in [-0.2, -0.15) is 0 Å². The smallest absolute Gasteiger partial charge is 0.257 e. The Morgan fingerprint density at radius 1 is 1.25 bits per heavy atom. The number of hydrogen-bond acceptors (Lipinski definition) is 3. The van der Waals surface area contributed by atoms with E-state index in [-0.39, 0.29) is 5.91 Å². The van der Waals surface area contributed by atoms with Crippen molar-refractivity contribution < 1.29 is 4.79 Å². The molecule has 0 saturated heterocycles. The monoisotopic (exact) mass is 286 g/mol. The van der Waals surface area contributed by atoms with Crippen LogP contribution in [0.25, 0.3) is 0 Å². The van der Waals surface area contributed by atoms with E-state index in [4.69, 9.17) is 0 Å². The van der Waals surface area contributed by atoms with Gasteiger partial charge in [-0.1, -0.05) is 12.1 Å². The molecular formula is C16H18N2OS. The van der Waals surface area contributed by atoms with Crippen LogP contribution in [0.3, 0.4) is 0 Å². The van der Waals surface area contributed by atoms with Crippen LogP contribution in [0.1, 0.15) is 44.9 Å². The quantitative estimate of drug-likeness (QED) is 0.910. The third-order valence-electron chi connectivity index (χ3n) is 3.92. The molecule has 0 radical (unpaired) electrons. The zero-order valence-electron chi connectivity index (χ0n) is 11.8. The minimum atomic E-state index is -0.0581. The fraction of sp³-hybridized carbons (Fsp3) is 0.375. The molecule has 0 spiro atoms. The number of thiazole rings is 1. The number of carbonyl (C=O) groups is 1. The Bertz CT molecular complexity index is 637. The summed E-state index contributed by atoms with van der Waals surface area (Å²) in [6.45, 7) is 4.01. The lowest BCUT2D eigenvalue weighted by atomic mass is 10.0. The standard InChI is InChI=1S/C16H18N2OS/c1-10-6-5-7-12(11(10)2)15(19)18-16-17-13-8-3-4-9-14(13)20-16/h5-7H,3-4,8-9H2,1-2H3,(H,17,18,19). The van der Waals surface area contributed by atoms with E-state index in [1.807, 2.05) is 32.0 Å². The minimum Gasteiger partial charge on any atom is -0.298 e. The van der Waals surface area contributed by atoms with Crippen LogP contribution in [-0.4, -0.2) is 10.9 Å². The fourth-order valence-electron chi connectivity index (χ4n) is 2.57. The molecule has 20 heavy (non-hydrogen) atoms. The Kier molecular flexibility index (Phi) is 3.57. The van der Waals surface area contributed by atoms with Gasteiger partial charge in [-0.05, 0) is 56.7 Å². The van der Waals surface area contributed by atoms with Crippen LogP contribution >= 0.6 is 11.3 Å². The molecule has 1 aromatic heterocycles. The Morgan fingerprint density at radius 3 is 2.85 bits per heavy atom. The second-order valence-electron chi connectivity index (χ2n) is 5.30. The summed E-state index contributed by atoms with van der Waals surface area (Å²) in [5.74, 6) is -0.0581. The summed E-state index contributed by atoms with van der Waals surface area (Å²) in [6, 6.07) is 5.81. The first-order valence-corrected chi connectivity index (χ1v) is 7.83. The maximum absolute atomic E-state index is 12.4. The molecule has 1 aromatic carbocycles. The molecule has 0 unspecified atom stereocenters. The van der Waals surface area contributed by atoms with Crippen molar-refractivity contribution >= 4 is 22.4 Å². The van der Waals surface area contributed by atoms with Crippen molar-refractivity contribution in [3.8, 4) is 0 Å². The lowest BCUT2D eigenvalue weighted by Crippen LogP contribution is -2.13. The van der Waals surface area contributed by atoms with E-state index in [1.54, 1.807) is 11.3 Å². The second kappa shape index (κ2) is 5.37. The molecule has 0 fully saturated rings. The third kappa shape index (κ3) is 2.48. The molecule has 4 heteroatoms. The summed E-state index contributed by atoms with van der Waals surface area (Å²) in [4.78, 5) is 18.3. The Morgan fingerprint density at radius 2 is 2.05 bits per heavy atom. The van der Waals surface area contributed by atoms with Crippen molar-refractivity contribution in [3.05, 3.63) is 45.5 Å². The normalized spacial score (nSPS) is 13.9. The number of carbonyl (C=O) groups excluding carboxylic acids is 1. The highest BCUT2D eigenvalue weighted by molar-refractivity contribution is 7.15. The van der Waals surface area contributed by atoms with Crippen molar-refractivity contribution in [3.63, 3.8) is 0 Å². The average Bonchev–Trinajstić information content (AvgIpc) is 2.83. The SMILES string of the molecule is Cc1cccc(C(=O)Nc2nc3c(s2)CCCC3)c1C. The van der Waals surface area contributed by atoms with Crippen LogP contribution in [0, 0.1) is 13.8 Å². The van der Waals surface area contributed by atoms with E-state index < -0.39 is 0 Å². The number of hydrogen-bond donors (Lipinski definition) is 1. The number of rotatable bonds is 2. The van der Waals surface area contributed by atoms with Gasteiger partial charge in [0.25, 0.3) is 5.91 Å². The number of nitrogens with zero attached hydrogens (tertiary/aromatic N) is 1. The number of aromatic nitrogens is 1. The number of nitrogens with one attached hydrogen (secondary N) is 1. The van der Waals surface area contributed by atoms with Crippen LogP contribution < -0.4 is 5.32 Å². The third-order valence-corrected chi connectivity index (χ3v) is 4.99.